The predicted octanol–water partition coefficient (Wildman–Crippen LogP) is 2.88. The number of halogens is 1. The number of carbonyl (C=O) groups excluding carboxylic acids is 1. The summed E-state index contributed by atoms with van der Waals surface area (Å²) in [5.41, 5.74) is 1.16. The third kappa shape index (κ3) is 3.96. The van der Waals surface area contributed by atoms with Crippen LogP contribution in [0.4, 0.5) is 0 Å². The van der Waals surface area contributed by atoms with Gasteiger partial charge >= 0.3 is 0 Å². The molecular weight excluding hydrogens is 284 g/mol. The van der Waals surface area contributed by atoms with Gasteiger partial charge in [0, 0.05) is 12.5 Å². The van der Waals surface area contributed by atoms with Crippen molar-refractivity contribution in [3.05, 3.63) is 48.0 Å². The van der Waals surface area contributed by atoms with Crippen molar-refractivity contribution in [1.29, 1.82) is 0 Å². The molecule has 0 bridgehead atoms. The average Bonchev–Trinajstić information content (AvgIpc) is 2.53. The molecule has 0 aromatic heterocycles. The van der Waals surface area contributed by atoms with Crippen LogP contribution in [0.2, 0.25) is 0 Å². The summed E-state index contributed by atoms with van der Waals surface area (Å²) in [6, 6.07) is 14.6. The fraction of sp³-hybridized carbons (Fsp3) is 0.353. The fourth-order valence-corrected chi connectivity index (χ4v) is 2.77. The molecule has 0 radical (unpaired) electrons. The van der Waals surface area contributed by atoms with E-state index >= 15 is 0 Å². The number of nitrogens with one attached hydrogen (secondary N) is 2. The lowest BCUT2D eigenvalue weighted by atomic mass is 9.97. The van der Waals surface area contributed by atoms with Crippen LogP contribution in [0.15, 0.2) is 42.5 Å². The Balaban J connectivity index is 0.00000161. The minimum atomic E-state index is 0. The first-order valence-electron chi connectivity index (χ1n) is 7.29. The van der Waals surface area contributed by atoms with Crippen LogP contribution in [-0.2, 0) is 11.3 Å². The standard InChI is InChI=1S/C17H20N2O.ClH/c20-17(15-7-9-18-10-8-15)19-12-13-5-6-14-3-1-2-4-16(14)11-13;/h1-6,11,15,18H,7-10,12H2,(H,19,20);1H. The zero-order valence-corrected chi connectivity index (χ0v) is 12.8. The topological polar surface area (TPSA) is 41.1 Å². The van der Waals surface area contributed by atoms with Crippen LogP contribution < -0.4 is 10.6 Å². The highest BCUT2D eigenvalue weighted by molar-refractivity contribution is 5.85. The molecule has 0 atom stereocenters. The molecule has 2 aromatic carbocycles. The molecular formula is C17H21ClN2O. The monoisotopic (exact) mass is 304 g/mol. The average molecular weight is 305 g/mol. The summed E-state index contributed by atoms with van der Waals surface area (Å²) in [7, 11) is 0. The molecule has 0 saturated carbocycles. The number of rotatable bonds is 3. The van der Waals surface area contributed by atoms with Gasteiger partial charge in [0.05, 0.1) is 0 Å². The minimum absolute atomic E-state index is 0. The van der Waals surface area contributed by atoms with Crippen LogP contribution in [0.3, 0.4) is 0 Å². The molecule has 1 heterocycles. The lowest BCUT2D eigenvalue weighted by Gasteiger charge is -2.21. The van der Waals surface area contributed by atoms with E-state index in [2.05, 4.69) is 41.0 Å². The number of carbonyl (C=O) groups is 1. The lowest BCUT2D eigenvalue weighted by Crippen LogP contribution is -2.37. The molecule has 3 nitrogen and oxygen atoms in total. The zero-order chi connectivity index (χ0) is 13.8. The Kier molecular flexibility index (Phi) is 5.59. The van der Waals surface area contributed by atoms with E-state index in [1.807, 2.05) is 12.1 Å². The van der Waals surface area contributed by atoms with Gasteiger partial charge in [0.25, 0.3) is 0 Å². The van der Waals surface area contributed by atoms with Gasteiger partial charge in [0.1, 0.15) is 0 Å². The van der Waals surface area contributed by atoms with Crippen LogP contribution in [0.5, 0.6) is 0 Å². The summed E-state index contributed by atoms with van der Waals surface area (Å²) < 4.78 is 0. The van der Waals surface area contributed by atoms with Crippen molar-refractivity contribution < 1.29 is 4.79 Å². The van der Waals surface area contributed by atoms with Gasteiger partial charge in [0.2, 0.25) is 5.91 Å². The minimum Gasteiger partial charge on any atom is -0.352 e. The third-order valence-electron chi connectivity index (χ3n) is 3.99. The largest absolute Gasteiger partial charge is 0.352 e. The highest BCUT2D eigenvalue weighted by Gasteiger charge is 2.20. The molecule has 1 aliphatic rings. The van der Waals surface area contributed by atoms with Gasteiger partial charge in [-0.2, -0.15) is 0 Å². The second-order valence-corrected chi connectivity index (χ2v) is 5.42. The molecule has 112 valence electrons. The molecule has 3 rings (SSSR count). The molecule has 1 saturated heterocycles. The quantitative estimate of drug-likeness (QED) is 0.915. The van der Waals surface area contributed by atoms with E-state index in [-0.39, 0.29) is 24.2 Å². The van der Waals surface area contributed by atoms with Crippen LogP contribution in [0, 0.1) is 5.92 Å². The third-order valence-corrected chi connectivity index (χ3v) is 3.99. The van der Waals surface area contributed by atoms with Crippen molar-refractivity contribution in [2.45, 2.75) is 19.4 Å². The number of fused-ring (bicyclic) bond motifs is 1. The van der Waals surface area contributed by atoms with Crippen molar-refractivity contribution in [2.24, 2.45) is 5.92 Å². The second kappa shape index (κ2) is 7.43. The van der Waals surface area contributed by atoms with Crippen molar-refractivity contribution in [2.75, 3.05) is 13.1 Å². The van der Waals surface area contributed by atoms with Gasteiger partial charge in [-0.1, -0.05) is 36.4 Å². The summed E-state index contributed by atoms with van der Waals surface area (Å²) >= 11 is 0. The Bertz CT molecular complexity index is 609. The highest BCUT2D eigenvalue weighted by atomic mass is 35.5. The van der Waals surface area contributed by atoms with E-state index in [9.17, 15) is 4.79 Å². The molecule has 1 fully saturated rings. The Morgan fingerprint density at radius 3 is 2.57 bits per heavy atom. The number of hydrogen-bond donors (Lipinski definition) is 2. The maximum absolute atomic E-state index is 12.1. The summed E-state index contributed by atoms with van der Waals surface area (Å²) in [5.74, 6) is 0.372. The Labute approximate surface area is 131 Å². The van der Waals surface area contributed by atoms with Crippen LogP contribution in [-0.4, -0.2) is 19.0 Å². The van der Waals surface area contributed by atoms with E-state index in [1.165, 1.54) is 10.8 Å². The van der Waals surface area contributed by atoms with Gasteiger partial charge < -0.3 is 10.6 Å². The van der Waals surface area contributed by atoms with Crippen molar-refractivity contribution >= 4 is 29.1 Å². The normalized spacial score (nSPS) is 15.4. The van der Waals surface area contributed by atoms with Gasteiger partial charge in [0.15, 0.2) is 0 Å². The maximum Gasteiger partial charge on any atom is 0.223 e. The Hall–Kier alpha value is -1.58. The summed E-state index contributed by atoms with van der Waals surface area (Å²) in [4.78, 5) is 12.1. The molecule has 21 heavy (non-hydrogen) atoms. The maximum atomic E-state index is 12.1. The number of benzene rings is 2. The second-order valence-electron chi connectivity index (χ2n) is 5.42. The van der Waals surface area contributed by atoms with Crippen molar-refractivity contribution in [3.8, 4) is 0 Å². The first-order chi connectivity index (χ1) is 9.83. The highest BCUT2D eigenvalue weighted by Crippen LogP contribution is 2.16. The van der Waals surface area contributed by atoms with Gasteiger partial charge in [-0.15, -0.1) is 12.4 Å². The Morgan fingerprint density at radius 2 is 1.81 bits per heavy atom. The van der Waals surface area contributed by atoms with E-state index in [0.717, 1.165) is 31.5 Å². The molecule has 0 spiro atoms. The Morgan fingerprint density at radius 1 is 1.10 bits per heavy atom. The fourth-order valence-electron chi connectivity index (χ4n) is 2.77. The van der Waals surface area contributed by atoms with E-state index < -0.39 is 0 Å². The van der Waals surface area contributed by atoms with Gasteiger partial charge in [-0.3, -0.25) is 4.79 Å². The predicted molar refractivity (Wildman–Crippen MR) is 88.6 cm³/mol. The molecule has 2 aromatic rings. The number of piperidine rings is 1. The van der Waals surface area contributed by atoms with Crippen LogP contribution >= 0.6 is 12.4 Å². The zero-order valence-electron chi connectivity index (χ0n) is 12.0. The van der Waals surface area contributed by atoms with E-state index in [0.29, 0.717) is 6.54 Å². The summed E-state index contributed by atoms with van der Waals surface area (Å²) in [5, 5.41) is 8.81. The molecule has 2 N–H and O–H groups in total. The first kappa shape index (κ1) is 15.8. The smallest absolute Gasteiger partial charge is 0.223 e. The molecule has 0 unspecified atom stereocenters. The molecule has 1 amide bonds. The van der Waals surface area contributed by atoms with Crippen LogP contribution in [0.25, 0.3) is 10.8 Å². The molecule has 0 aliphatic carbocycles. The van der Waals surface area contributed by atoms with E-state index in [4.69, 9.17) is 0 Å². The summed E-state index contributed by atoms with van der Waals surface area (Å²) in [6.45, 7) is 2.52. The summed E-state index contributed by atoms with van der Waals surface area (Å²) in [6.07, 6.45) is 1.90. The van der Waals surface area contributed by atoms with Gasteiger partial charge in [-0.25, -0.2) is 0 Å². The lowest BCUT2D eigenvalue weighted by molar-refractivity contribution is -0.125. The van der Waals surface area contributed by atoms with Crippen molar-refractivity contribution in [3.63, 3.8) is 0 Å². The van der Waals surface area contributed by atoms with E-state index in [1.54, 1.807) is 0 Å². The number of amides is 1. The molecule has 1 aliphatic heterocycles. The number of hydrogen-bond acceptors (Lipinski definition) is 2. The van der Waals surface area contributed by atoms with Crippen molar-refractivity contribution in [1.82, 2.24) is 10.6 Å². The van der Waals surface area contributed by atoms with Crippen LogP contribution in [0.1, 0.15) is 18.4 Å². The SMILES string of the molecule is Cl.O=C(NCc1ccc2ccccc2c1)C1CCNCC1. The molecule has 4 heteroatoms. The van der Waals surface area contributed by atoms with Gasteiger partial charge in [-0.05, 0) is 48.3 Å². The first-order valence-corrected chi connectivity index (χ1v) is 7.29.